The van der Waals surface area contributed by atoms with Gasteiger partial charge in [-0.3, -0.25) is 0 Å². The highest BCUT2D eigenvalue weighted by atomic mass is 79.9. The molecule has 0 saturated carbocycles. The molecule has 0 saturated heterocycles. The van der Waals surface area contributed by atoms with Gasteiger partial charge in [0.1, 0.15) is 19.0 Å². The van der Waals surface area contributed by atoms with E-state index in [1.165, 1.54) is 0 Å². The van der Waals surface area contributed by atoms with E-state index < -0.39 is 0 Å². The number of halogens is 2. The number of ether oxygens (including phenoxy) is 2. The standard InChI is InChI=1S/C13H11BrClN3O2/c1-16-13-8(14)6-17-12(18-13)7-4-9(15)11-10(5-7)19-2-3-20-11/h4-6H,2-3H2,1H3,(H,16,17,18). The van der Waals surface area contributed by atoms with Crippen LogP contribution in [0.4, 0.5) is 5.82 Å². The van der Waals surface area contributed by atoms with E-state index in [1.807, 2.05) is 6.07 Å². The maximum atomic E-state index is 6.22. The Morgan fingerprint density at radius 3 is 2.90 bits per heavy atom. The molecule has 1 aromatic carbocycles. The Hall–Kier alpha value is -1.53. The molecule has 0 unspecified atom stereocenters. The van der Waals surface area contributed by atoms with Crippen molar-refractivity contribution in [3.8, 4) is 22.9 Å². The highest BCUT2D eigenvalue weighted by Gasteiger charge is 2.18. The van der Waals surface area contributed by atoms with Gasteiger partial charge in [0.05, 0.1) is 9.50 Å². The summed E-state index contributed by atoms with van der Waals surface area (Å²) in [5, 5.41) is 3.49. The van der Waals surface area contributed by atoms with Gasteiger partial charge in [-0.25, -0.2) is 9.97 Å². The van der Waals surface area contributed by atoms with Crippen molar-refractivity contribution in [3.05, 3.63) is 27.8 Å². The summed E-state index contributed by atoms with van der Waals surface area (Å²) in [5.41, 5.74) is 0.781. The second-order valence-corrected chi connectivity index (χ2v) is 5.38. The van der Waals surface area contributed by atoms with E-state index in [9.17, 15) is 0 Å². The van der Waals surface area contributed by atoms with Crippen LogP contribution in [0.25, 0.3) is 11.4 Å². The number of aromatic nitrogens is 2. The minimum absolute atomic E-state index is 0.495. The van der Waals surface area contributed by atoms with Crippen molar-refractivity contribution in [3.63, 3.8) is 0 Å². The summed E-state index contributed by atoms with van der Waals surface area (Å²) >= 11 is 9.60. The molecule has 2 aromatic rings. The van der Waals surface area contributed by atoms with Gasteiger partial charge in [0.2, 0.25) is 0 Å². The second-order valence-electron chi connectivity index (χ2n) is 4.12. The fourth-order valence-corrected chi connectivity index (χ4v) is 2.58. The van der Waals surface area contributed by atoms with Gasteiger partial charge in [-0.2, -0.15) is 0 Å². The van der Waals surface area contributed by atoms with Gasteiger partial charge in [-0.1, -0.05) is 11.6 Å². The van der Waals surface area contributed by atoms with Crippen LogP contribution in [0.1, 0.15) is 0 Å². The molecule has 0 fully saturated rings. The van der Waals surface area contributed by atoms with Crippen molar-refractivity contribution in [2.75, 3.05) is 25.6 Å². The Labute approximate surface area is 129 Å². The molecule has 0 spiro atoms. The fraction of sp³-hybridized carbons (Fsp3) is 0.231. The highest BCUT2D eigenvalue weighted by molar-refractivity contribution is 9.10. The first kappa shape index (κ1) is 13.5. The monoisotopic (exact) mass is 355 g/mol. The van der Waals surface area contributed by atoms with E-state index in [2.05, 4.69) is 31.2 Å². The smallest absolute Gasteiger partial charge is 0.179 e. The van der Waals surface area contributed by atoms with Crippen LogP contribution in [0.3, 0.4) is 0 Å². The molecule has 1 aliphatic rings. The Morgan fingerprint density at radius 2 is 2.10 bits per heavy atom. The van der Waals surface area contributed by atoms with Gasteiger partial charge in [0.15, 0.2) is 17.3 Å². The molecule has 1 aliphatic heterocycles. The summed E-state index contributed by atoms with van der Waals surface area (Å²) in [4.78, 5) is 8.72. The van der Waals surface area contributed by atoms with Gasteiger partial charge >= 0.3 is 0 Å². The van der Waals surface area contributed by atoms with E-state index in [4.69, 9.17) is 21.1 Å². The number of nitrogens with one attached hydrogen (secondary N) is 1. The number of nitrogens with zero attached hydrogens (tertiary/aromatic N) is 2. The van der Waals surface area contributed by atoms with Crippen molar-refractivity contribution >= 4 is 33.3 Å². The van der Waals surface area contributed by atoms with Gasteiger partial charge in [-0.05, 0) is 28.1 Å². The molecule has 0 aliphatic carbocycles. The first-order chi connectivity index (χ1) is 9.69. The minimum Gasteiger partial charge on any atom is -0.486 e. The third-order valence-electron chi connectivity index (χ3n) is 2.84. The number of benzene rings is 1. The molecule has 0 amide bonds. The van der Waals surface area contributed by atoms with Crippen molar-refractivity contribution in [2.45, 2.75) is 0 Å². The van der Waals surface area contributed by atoms with E-state index in [-0.39, 0.29) is 0 Å². The van der Waals surface area contributed by atoms with E-state index in [0.717, 1.165) is 10.0 Å². The lowest BCUT2D eigenvalue weighted by molar-refractivity contribution is 0.172. The summed E-state index contributed by atoms with van der Waals surface area (Å²) < 4.78 is 11.8. The van der Waals surface area contributed by atoms with Crippen LogP contribution in [-0.2, 0) is 0 Å². The molecular formula is C13H11BrClN3O2. The molecule has 104 valence electrons. The predicted molar refractivity (Wildman–Crippen MR) is 80.7 cm³/mol. The van der Waals surface area contributed by atoms with Crippen LogP contribution in [0.15, 0.2) is 22.8 Å². The molecule has 0 atom stereocenters. The van der Waals surface area contributed by atoms with Crippen LogP contribution in [0.2, 0.25) is 5.02 Å². The number of anilines is 1. The summed E-state index contributed by atoms with van der Waals surface area (Å²) in [6.07, 6.45) is 1.69. The van der Waals surface area contributed by atoms with Crippen LogP contribution in [-0.4, -0.2) is 30.2 Å². The minimum atomic E-state index is 0.495. The number of hydrogen-bond acceptors (Lipinski definition) is 5. The van der Waals surface area contributed by atoms with Gasteiger partial charge < -0.3 is 14.8 Å². The lowest BCUT2D eigenvalue weighted by Crippen LogP contribution is -2.15. The Bertz CT molecular complexity index is 666. The first-order valence-electron chi connectivity index (χ1n) is 5.99. The van der Waals surface area contributed by atoms with Gasteiger partial charge in [0, 0.05) is 18.8 Å². The predicted octanol–water partition coefficient (Wildman–Crippen LogP) is 3.37. The Kier molecular flexibility index (Phi) is 3.67. The van der Waals surface area contributed by atoms with E-state index in [0.29, 0.717) is 41.4 Å². The number of hydrogen-bond donors (Lipinski definition) is 1. The lowest BCUT2D eigenvalue weighted by atomic mass is 10.1. The van der Waals surface area contributed by atoms with Crippen molar-refractivity contribution in [1.82, 2.24) is 9.97 Å². The van der Waals surface area contributed by atoms with Crippen molar-refractivity contribution < 1.29 is 9.47 Å². The molecular weight excluding hydrogens is 346 g/mol. The molecule has 0 bridgehead atoms. The topological polar surface area (TPSA) is 56.3 Å². The van der Waals surface area contributed by atoms with E-state index >= 15 is 0 Å². The fourth-order valence-electron chi connectivity index (χ4n) is 1.92. The Balaban J connectivity index is 2.08. The molecule has 7 heteroatoms. The largest absolute Gasteiger partial charge is 0.486 e. The van der Waals surface area contributed by atoms with Crippen LogP contribution >= 0.6 is 27.5 Å². The zero-order valence-corrected chi connectivity index (χ0v) is 13.0. The normalized spacial score (nSPS) is 13.2. The summed E-state index contributed by atoms with van der Waals surface area (Å²) in [6.45, 7) is 1.01. The summed E-state index contributed by atoms with van der Waals surface area (Å²) in [6, 6.07) is 3.61. The molecule has 0 radical (unpaired) electrons. The lowest BCUT2D eigenvalue weighted by Gasteiger charge is -2.20. The average Bonchev–Trinajstić information content (AvgIpc) is 2.47. The molecule has 1 N–H and O–H groups in total. The number of fused-ring (bicyclic) bond motifs is 1. The summed E-state index contributed by atoms with van der Waals surface area (Å²) in [7, 11) is 1.80. The zero-order valence-electron chi connectivity index (χ0n) is 10.6. The van der Waals surface area contributed by atoms with Crippen LogP contribution < -0.4 is 14.8 Å². The van der Waals surface area contributed by atoms with Crippen LogP contribution in [0.5, 0.6) is 11.5 Å². The van der Waals surface area contributed by atoms with Gasteiger partial charge in [-0.15, -0.1) is 0 Å². The molecule has 5 nitrogen and oxygen atoms in total. The molecule has 3 rings (SSSR count). The van der Waals surface area contributed by atoms with Gasteiger partial charge in [0.25, 0.3) is 0 Å². The number of rotatable bonds is 2. The SMILES string of the molecule is CNc1nc(-c2cc(Cl)c3c(c2)OCCO3)ncc1Br. The van der Waals surface area contributed by atoms with Crippen molar-refractivity contribution in [2.24, 2.45) is 0 Å². The third-order valence-corrected chi connectivity index (χ3v) is 3.70. The maximum absolute atomic E-state index is 6.22. The van der Waals surface area contributed by atoms with E-state index in [1.54, 1.807) is 19.3 Å². The Morgan fingerprint density at radius 1 is 1.30 bits per heavy atom. The quantitative estimate of drug-likeness (QED) is 0.894. The summed E-state index contributed by atoms with van der Waals surface area (Å²) in [5.74, 6) is 2.47. The van der Waals surface area contributed by atoms with Crippen molar-refractivity contribution in [1.29, 1.82) is 0 Å². The molecule has 20 heavy (non-hydrogen) atoms. The average molecular weight is 357 g/mol. The molecule has 1 aromatic heterocycles. The molecule has 2 heterocycles. The van der Waals surface area contributed by atoms with Crippen LogP contribution in [0, 0.1) is 0 Å². The third kappa shape index (κ3) is 2.41. The second kappa shape index (κ2) is 5.46. The highest BCUT2D eigenvalue weighted by Crippen LogP contribution is 2.40. The first-order valence-corrected chi connectivity index (χ1v) is 7.16. The zero-order chi connectivity index (χ0) is 14.1. The maximum Gasteiger partial charge on any atom is 0.179 e.